The molecule has 2 rings (SSSR count). The molecule has 2 aromatic rings. The molecule has 0 aliphatic rings. The van der Waals surface area contributed by atoms with Gasteiger partial charge in [-0.15, -0.1) is 0 Å². The van der Waals surface area contributed by atoms with E-state index >= 15 is 0 Å². The third-order valence-corrected chi connectivity index (χ3v) is 3.40. The number of fused-ring (bicyclic) bond motifs is 1. The van der Waals surface area contributed by atoms with Crippen molar-refractivity contribution in [2.75, 3.05) is 7.05 Å². The number of rotatable bonds is 2. The zero-order valence-electron chi connectivity index (χ0n) is 9.26. The Morgan fingerprint density at radius 2 is 2.13 bits per heavy atom. The molecule has 0 saturated heterocycles. The Hall–Kier alpha value is -0.800. The molecule has 1 aromatic carbocycles. The van der Waals surface area contributed by atoms with Crippen LogP contribution < -0.4 is 5.32 Å². The summed E-state index contributed by atoms with van der Waals surface area (Å²) in [4.78, 5) is 0. The molecule has 0 aliphatic carbocycles. The molecule has 0 spiro atoms. The van der Waals surface area contributed by atoms with E-state index < -0.39 is 0 Å². The molecule has 15 heavy (non-hydrogen) atoms. The van der Waals surface area contributed by atoms with E-state index in [9.17, 15) is 0 Å². The van der Waals surface area contributed by atoms with Crippen LogP contribution in [0.25, 0.3) is 10.9 Å². The van der Waals surface area contributed by atoms with Crippen LogP contribution in [0.1, 0.15) is 11.3 Å². The van der Waals surface area contributed by atoms with Gasteiger partial charge in [0.1, 0.15) is 0 Å². The second-order valence-corrected chi connectivity index (χ2v) is 4.74. The van der Waals surface area contributed by atoms with Gasteiger partial charge in [-0.05, 0) is 31.7 Å². The lowest BCUT2D eigenvalue weighted by molar-refractivity contribution is 0.739. The second kappa shape index (κ2) is 3.99. The summed E-state index contributed by atoms with van der Waals surface area (Å²) in [6, 6.07) is 6.44. The zero-order chi connectivity index (χ0) is 11.0. The van der Waals surface area contributed by atoms with Crippen molar-refractivity contribution in [3.05, 3.63) is 33.9 Å². The summed E-state index contributed by atoms with van der Waals surface area (Å²) >= 11 is 3.51. The average molecular weight is 267 g/mol. The first kappa shape index (κ1) is 10.7. The second-order valence-electron chi connectivity index (χ2n) is 3.82. The van der Waals surface area contributed by atoms with E-state index in [2.05, 4.69) is 58.0 Å². The van der Waals surface area contributed by atoms with E-state index in [1.165, 1.54) is 22.2 Å². The fourth-order valence-corrected chi connectivity index (χ4v) is 2.42. The summed E-state index contributed by atoms with van der Waals surface area (Å²) in [7, 11) is 4.10. The van der Waals surface area contributed by atoms with Gasteiger partial charge in [0.05, 0.1) is 0 Å². The van der Waals surface area contributed by atoms with Crippen LogP contribution in [-0.4, -0.2) is 11.6 Å². The molecule has 80 valence electrons. The van der Waals surface area contributed by atoms with Crippen molar-refractivity contribution >= 4 is 26.8 Å². The van der Waals surface area contributed by atoms with Crippen molar-refractivity contribution < 1.29 is 0 Å². The molecule has 1 N–H and O–H groups in total. The number of nitrogens with one attached hydrogen (secondary N) is 1. The van der Waals surface area contributed by atoms with Gasteiger partial charge in [-0.3, -0.25) is 0 Å². The van der Waals surface area contributed by atoms with E-state index in [-0.39, 0.29) is 0 Å². The smallest absolute Gasteiger partial charge is 0.0494 e. The largest absolute Gasteiger partial charge is 0.346 e. The van der Waals surface area contributed by atoms with Crippen LogP contribution in [0, 0.1) is 6.92 Å². The molecule has 1 heterocycles. The molecular weight excluding hydrogens is 252 g/mol. The lowest BCUT2D eigenvalue weighted by atomic mass is 10.1. The predicted molar refractivity (Wildman–Crippen MR) is 68.1 cm³/mol. The minimum absolute atomic E-state index is 0.911. The van der Waals surface area contributed by atoms with E-state index in [1.807, 2.05) is 7.05 Å². The van der Waals surface area contributed by atoms with Crippen LogP contribution in [0.5, 0.6) is 0 Å². The molecule has 0 atom stereocenters. The standard InChI is InChI=1S/C12H15BrN2/c1-8-10-5-4-9(13)6-11(10)15(3)12(8)7-14-2/h4-6,14H,7H2,1-3H3. The number of aryl methyl sites for hydroxylation is 2. The Labute approximate surface area is 98.4 Å². The summed E-state index contributed by atoms with van der Waals surface area (Å²) in [5, 5.41) is 4.55. The van der Waals surface area contributed by atoms with Gasteiger partial charge in [0.15, 0.2) is 0 Å². The van der Waals surface area contributed by atoms with Gasteiger partial charge in [0.25, 0.3) is 0 Å². The highest BCUT2D eigenvalue weighted by Crippen LogP contribution is 2.27. The topological polar surface area (TPSA) is 17.0 Å². The number of aromatic nitrogens is 1. The molecule has 2 nitrogen and oxygen atoms in total. The van der Waals surface area contributed by atoms with E-state index in [4.69, 9.17) is 0 Å². The molecule has 0 saturated carbocycles. The van der Waals surface area contributed by atoms with Crippen molar-refractivity contribution in [1.82, 2.24) is 9.88 Å². The molecule has 1 aromatic heterocycles. The SMILES string of the molecule is CNCc1c(C)c2ccc(Br)cc2n1C. The van der Waals surface area contributed by atoms with Crippen LogP contribution in [0.3, 0.4) is 0 Å². The van der Waals surface area contributed by atoms with Crippen LogP contribution in [0.4, 0.5) is 0 Å². The highest BCUT2D eigenvalue weighted by Gasteiger charge is 2.10. The molecule has 0 aliphatic heterocycles. The fraction of sp³-hybridized carbons (Fsp3) is 0.333. The van der Waals surface area contributed by atoms with Gasteiger partial charge in [-0.25, -0.2) is 0 Å². The first-order valence-corrected chi connectivity index (χ1v) is 5.82. The van der Waals surface area contributed by atoms with Gasteiger partial charge in [0, 0.05) is 34.7 Å². The quantitative estimate of drug-likeness (QED) is 0.885. The fourth-order valence-electron chi connectivity index (χ4n) is 2.07. The number of halogens is 1. The normalized spacial score (nSPS) is 11.2. The third-order valence-electron chi connectivity index (χ3n) is 2.91. The lowest BCUT2D eigenvalue weighted by Gasteiger charge is -2.04. The van der Waals surface area contributed by atoms with Gasteiger partial charge >= 0.3 is 0 Å². The highest BCUT2D eigenvalue weighted by atomic mass is 79.9. The molecule has 0 unspecified atom stereocenters. The minimum Gasteiger partial charge on any atom is -0.346 e. The lowest BCUT2D eigenvalue weighted by Crippen LogP contribution is -2.10. The number of nitrogens with zero attached hydrogens (tertiary/aromatic N) is 1. The van der Waals surface area contributed by atoms with Gasteiger partial charge < -0.3 is 9.88 Å². The van der Waals surface area contributed by atoms with E-state index in [0.29, 0.717) is 0 Å². The Balaban J connectivity index is 2.73. The Morgan fingerprint density at radius 1 is 1.40 bits per heavy atom. The molecular formula is C12H15BrN2. The molecule has 3 heteroatoms. The van der Waals surface area contributed by atoms with Crippen molar-refractivity contribution in [3.8, 4) is 0 Å². The van der Waals surface area contributed by atoms with Crippen LogP contribution in [0.15, 0.2) is 22.7 Å². The molecule has 0 radical (unpaired) electrons. The monoisotopic (exact) mass is 266 g/mol. The predicted octanol–water partition coefficient (Wildman–Crippen LogP) is 2.97. The van der Waals surface area contributed by atoms with Gasteiger partial charge in [0.2, 0.25) is 0 Å². The van der Waals surface area contributed by atoms with Gasteiger partial charge in [-0.1, -0.05) is 22.0 Å². The van der Waals surface area contributed by atoms with Crippen molar-refractivity contribution in [2.24, 2.45) is 7.05 Å². The number of benzene rings is 1. The Morgan fingerprint density at radius 3 is 2.80 bits per heavy atom. The maximum absolute atomic E-state index is 3.51. The summed E-state index contributed by atoms with van der Waals surface area (Å²) in [5.41, 5.74) is 4.01. The Kier molecular flexibility index (Phi) is 2.85. The third kappa shape index (κ3) is 1.70. The number of hydrogen-bond acceptors (Lipinski definition) is 1. The maximum atomic E-state index is 3.51. The molecule has 0 bridgehead atoms. The summed E-state index contributed by atoms with van der Waals surface area (Å²) in [6.07, 6.45) is 0. The first-order chi connectivity index (χ1) is 7.15. The average Bonchev–Trinajstić information content (AvgIpc) is 2.44. The van der Waals surface area contributed by atoms with Crippen LogP contribution in [-0.2, 0) is 13.6 Å². The maximum Gasteiger partial charge on any atom is 0.0494 e. The van der Waals surface area contributed by atoms with Crippen molar-refractivity contribution in [3.63, 3.8) is 0 Å². The van der Waals surface area contributed by atoms with E-state index in [1.54, 1.807) is 0 Å². The van der Waals surface area contributed by atoms with E-state index in [0.717, 1.165) is 11.0 Å². The van der Waals surface area contributed by atoms with Crippen molar-refractivity contribution in [1.29, 1.82) is 0 Å². The number of hydrogen-bond donors (Lipinski definition) is 1. The molecule has 0 amide bonds. The highest BCUT2D eigenvalue weighted by molar-refractivity contribution is 9.10. The van der Waals surface area contributed by atoms with Gasteiger partial charge in [-0.2, -0.15) is 0 Å². The van der Waals surface area contributed by atoms with Crippen LogP contribution in [0.2, 0.25) is 0 Å². The summed E-state index contributed by atoms with van der Waals surface area (Å²) in [6.45, 7) is 3.09. The summed E-state index contributed by atoms with van der Waals surface area (Å²) in [5.74, 6) is 0. The zero-order valence-corrected chi connectivity index (χ0v) is 10.9. The van der Waals surface area contributed by atoms with Crippen molar-refractivity contribution in [2.45, 2.75) is 13.5 Å². The first-order valence-electron chi connectivity index (χ1n) is 5.03. The summed E-state index contributed by atoms with van der Waals surface area (Å²) < 4.78 is 3.39. The Bertz CT molecular complexity index is 500. The minimum atomic E-state index is 0.911. The molecule has 0 fully saturated rings. The van der Waals surface area contributed by atoms with Crippen LogP contribution >= 0.6 is 15.9 Å².